The molecule has 3 nitrogen and oxygen atoms in total. The molecule has 0 aliphatic heterocycles. The minimum absolute atomic E-state index is 0.614. The zero-order chi connectivity index (χ0) is 13.0. The summed E-state index contributed by atoms with van der Waals surface area (Å²) in [4.78, 5) is 1.20. The number of benzene rings is 1. The zero-order valence-corrected chi connectivity index (χ0v) is 12.1. The van der Waals surface area contributed by atoms with Gasteiger partial charge in [-0.2, -0.15) is 5.26 Å². The van der Waals surface area contributed by atoms with E-state index in [0.717, 1.165) is 15.9 Å². The first kappa shape index (κ1) is 12.9. The molecule has 1 aromatic carbocycles. The van der Waals surface area contributed by atoms with E-state index in [9.17, 15) is 0 Å². The number of anilines is 1. The number of rotatable bonds is 4. The fraction of sp³-hybridized carbons (Fsp3) is 0.154. The maximum absolute atomic E-state index is 9.06. The van der Waals surface area contributed by atoms with Gasteiger partial charge in [-0.25, -0.2) is 0 Å². The van der Waals surface area contributed by atoms with Crippen LogP contribution in [0.4, 0.5) is 5.69 Å². The molecule has 92 valence electrons. The van der Waals surface area contributed by atoms with Crippen LogP contribution < -0.4 is 10.1 Å². The standard InChI is InChI=1S/C13H11BrN2OS/c1-17-10-3-2-9(7-15)12(6-10)16-8-13-11(14)4-5-18-13/h2-6,16H,8H2,1H3. The molecule has 2 rings (SSSR count). The van der Waals surface area contributed by atoms with Crippen LogP contribution >= 0.6 is 27.3 Å². The van der Waals surface area contributed by atoms with Crippen LogP contribution in [0, 0.1) is 11.3 Å². The Hall–Kier alpha value is -1.51. The molecule has 2 aromatic rings. The molecule has 0 spiro atoms. The van der Waals surface area contributed by atoms with Crippen LogP contribution in [0.1, 0.15) is 10.4 Å². The number of methoxy groups -OCH3 is 1. The van der Waals surface area contributed by atoms with Crippen LogP contribution in [0.25, 0.3) is 0 Å². The molecule has 0 aliphatic rings. The molecule has 1 heterocycles. The van der Waals surface area contributed by atoms with Crippen LogP contribution in [0.15, 0.2) is 34.1 Å². The summed E-state index contributed by atoms with van der Waals surface area (Å²) in [6, 6.07) is 9.55. The molecule has 0 unspecified atom stereocenters. The molecular formula is C13H11BrN2OS. The molecule has 0 saturated carbocycles. The summed E-state index contributed by atoms with van der Waals surface area (Å²) in [5, 5.41) is 14.3. The van der Waals surface area contributed by atoms with Gasteiger partial charge in [-0.3, -0.25) is 0 Å². The van der Waals surface area contributed by atoms with Crippen molar-refractivity contribution in [1.82, 2.24) is 0 Å². The van der Waals surface area contributed by atoms with Gasteiger partial charge in [0.2, 0.25) is 0 Å². The molecule has 0 fully saturated rings. The van der Waals surface area contributed by atoms with Crippen LogP contribution in [0.2, 0.25) is 0 Å². The molecule has 5 heteroatoms. The van der Waals surface area contributed by atoms with Crippen molar-refractivity contribution >= 4 is 33.0 Å². The second-order valence-corrected chi connectivity index (χ2v) is 5.42. The highest BCUT2D eigenvalue weighted by atomic mass is 79.9. The van der Waals surface area contributed by atoms with Crippen molar-refractivity contribution in [2.24, 2.45) is 0 Å². The van der Waals surface area contributed by atoms with Crippen LogP contribution in [0.3, 0.4) is 0 Å². The number of nitriles is 1. The summed E-state index contributed by atoms with van der Waals surface area (Å²) in [6.45, 7) is 0.681. The molecule has 0 bridgehead atoms. The number of ether oxygens (including phenoxy) is 1. The fourth-order valence-electron chi connectivity index (χ4n) is 1.52. The van der Waals surface area contributed by atoms with Crippen molar-refractivity contribution in [2.45, 2.75) is 6.54 Å². The van der Waals surface area contributed by atoms with Crippen molar-refractivity contribution in [3.8, 4) is 11.8 Å². The molecule has 0 saturated heterocycles. The highest BCUT2D eigenvalue weighted by molar-refractivity contribution is 9.10. The van der Waals surface area contributed by atoms with E-state index in [2.05, 4.69) is 27.3 Å². The fourth-order valence-corrected chi connectivity index (χ4v) is 2.95. The van der Waals surface area contributed by atoms with Crippen LogP contribution in [0.5, 0.6) is 5.75 Å². The van der Waals surface area contributed by atoms with E-state index >= 15 is 0 Å². The van der Waals surface area contributed by atoms with Gasteiger partial charge in [0.15, 0.2) is 0 Å². The topological polar surface area (TPSA) is 45.0 Å². The van der Waals surface area contributed by atoms with Gasteiger partial charge in [0.05, 0.1) is 24.9 Å². The maximum atomic E-state index is 9.06. The number of hydrogen-bond acceptors (Lipinski definition) is 4. The third kappa shape index (κ3) is 2.84. The molecule has 18 heavy (non-hydrogen) atoms. The lowest BCUT2D eigenvalue weighted by Crippen LogP contribution is -2.00. The summed E-state index contributed by atoms with van der Waals surface area (Å²) >= 11 is 5.15. The molecule has 0 radical (unpaired) electrons. The van der Waals surface area contributed by atoms with Crippen LogP contribution in [-0.2, 0) is 6.54 Å². The summed E-state index contributed by atoms with van der Waals surface area (Å²) in [5.74, 6) is 0.738. The van der Waals surface area contributed by atoms with Crippen molar-refractivity contribution in [3.05, 3.63) is 44.6 Å². The van der Waals surface area contributed by atoms with E-state index in [1.165, 1.54) is 4.88 Å². The number of nitrogens with zero attached hydrogens (tertiary/aromatic N) is 1. The zero-order valence-electron chi connectivity index (χ0n) is 9.74. The largest absolute Gasteiger partial charge is 0.497 e. The number of thiophene rings is 1. The van der Waals surface area contributed by atoms with E-state index in [4.69, 9.17) is 10.00 Å². The van der Waals surface area contributed by atoms with Gasteiger partial charge >= 0.3 is 0 Å². The van der Waals surface area contributed by atoms with E-state index in [1.54, 1.807) is 30.6 Å². The SMILES string of the molecule is COc1ccc(C#N)c(NCc2sccc2Br)c1. The monoisotopic (exact) mass is 322 g/mol. The van der Waals surface area contributed by atoms with Gasteiger partial charge in [-0.15, -0.1) is 11.3 Å². The quantitative estimate of drug-likeness (QED) is 0.925. The molecule has 0 aliphatic carbocycles. The second-order valence-electron chi connectivity index (χ2n) is 3.57. The smallest absolute Gasteiger partial charge is 0.121 e. The summed E-state index contributed by atoms with van der Waals surface area (Å²) in [6.07, 6.45) is 0. The van der Waals surface area contributed by atoms with E-state index in [0.29, 0.717) is 12.1 Å². The van der Waals surface area contributed by atoms with E-state index in [-0.39, 0.29) is 0 Å². The van der Waals surface area contributed by atoms with Crippen molar-refractivity contribution in [2.75, 3.05) is 12.4 Å². The highest BCUT2D eigenvalue weighted by Crippen LogP contribution is 2.26. The van der Waals surface area contributed by atoms with Gasteiger partial charge in [-0.1, -0.05) is 0 Å². The summed E-state index contributed by atoms with van der Waals surface area (Å²) < 4.78 is 6.24. The van der Waals surface area contributed by atoms with Crippen molar-refractivity contribution in [3.63, 3.8) is 0 Å². The van der Waals surface area contributed by atoms with E-state index < -0.39 is 0 Å². The Balaban J connectivity index is 2.18. The van der Waals surface area contributed by atoms with Crippen LogP contribution in [-0.4, -0.2) is 7.11 Å². The Morgan fingerprint density at radius 3 is 2.89 bits per heavy atom. The van der Waals surface area contributed by atoms with Gasteiger partial charge < -0.3 is 10.1 Å². The molecule has 1 aromatic heterocycles. The van der Waals surface area contributed by atoms with Gasteiger partial charge in [0, 0.05) is 15.4 Å². The third-order valence-corrected chi connectivity index (χ3v) is 4.40. The first-order valence-electron chi connectivity index (χ1n) is 5.28. The van der Waals surface area contributed by atoms with Crippen molar-refractivity contribution < 1.29 is 4.74 Å². The summed E-state index contributed by atoms with van der Waals surface area (Å²) in [5.41, 5.74) is 1.40. The lowest BCUT2D eigenvalue weighted by molar-refractivity contribution is 0.415. The normalized spacial score (nSPS) is 9.83. The Labute approximate surface area is 118 Å². The second kappa shape index (κ2) is 5.89. The minimum Gasteiger partial charge on any atom is -0.497 e. The number of nitrogens with one attached hydrogen (secondary N) is 1. The number of hydrogen-bond donors (Lipinski definition) is 1. The van der Waals surface area contributed by atoms with E-state index in [1.807, 2.05) is 17.5 Å². The number of halogens is 1. The predicted octanol–water partition coefficient (Wildman–Crippen LogP) is 4.00. The minimum atomic E-state index is 0.614. The van der Waals surface area contributed by atoms with Crippen molar-refractivity contribution in [1.29, 1.82) is 5.26 Å². The lowest BCUT2D eigenvalue weighted by Gasteiger charge is -2.09. The van der Waals surface area contributed by atoms with Gasteiger partial charge in [-0.05, 0) is 39.5 Å². The van der Waals surface area contributed by atoms with Gasteiger partial charge in [0.25, 0.3) is 0 Å². The molecule has 0 amide bonds. The summed E-state index contributed by atoms with van der Waals surface area (Å²) in [7, 11) is 1.61. The molecule has 0 atom stereocenters. The Morgan fingerprint density at radius 1 is 1.44 bits per heavy atom. The average molecular weight is 323 g/mol. The Morgan fingerprint density at radius 2 is 2.28 bits per heavy atom. The maximum Gasteiger partial charge on any atom is 0.121 e. The molecular weight excluding hydrogens is 312 g/mol. The molecule has 1 N–H and O–H groups in total. The Kier molecular flexibility index (Phi) is 4.24. The highest BCUT2D eigenvalue weighted by Gasteiger charge is 2.06. The first-order valence-corrected chi connectivity index (χ1v) is 6.95. The average Bonchev–Trinajstić information content (AvgIpc) is 2.81. The first-order chi connectivity index (χ1) is 8.74. The Bertz CT molecular complexity index is 589. The third-order valence-electron chi connectivity index (χ3n) is 2.48. The van der Waals surface area contributed by atoms with Gasteiger partial charge in [0.1, 0.15) is 11.8 Å². The lowest BCUT2D eigenvalue weighted by atomic mass is 10.2. The predicted molar refractivity (Wildman–Crippen MR) is 77.1 cm³/mol.